The third kappa shape index (κ3) is 3.15. The zero-order chi connectivity index (χ0) is 14.2. The molecule has 1 aromatic rings. The summed E-state index contributed by atoms with van der Waals surface area (Å²) in [5.41, 5.74) is 0. The number of pyridine rings is 1. The van der Waals surface area contributed by atoms with Gasteiger partial charge in [0, 0.05) is 29.8 Å². The molecule has 0 unspecified atom stereocenters. The van der Waals surface area contributed by atoms with Crippen molar-refractivity contribution >= 4 is 31.8 Å². The molecule has 110 valence electrons. The molecule has 0 aromatic carbocycles. The Morgan fingerprint density at radius 3 is 2.55 bits per heavy atom. The number of rotatable bonds is 4. The largest absolute Gasteiger partial charge is 0.367 e. The summed E-state index contributed by atoms with van der Waals surface area (Å²) in [6.07, 6.45) is 5.09. The van der Waals surface area contributed by atoms with Crippen LogP contribution in [0.4, 0.5) is 5.82 Å². The highest BCUT2D eigenvalue weighted by atomic mass is 79.9. The van der Waals surface area contributed by atoms with Gasteiger partial charge in [-0.25, -0.2) is 17.7 Å². The molecule has 2 fully saturated rings. The molecule has 0 amide bonds. The van der Waals surface area contributed by atoms with Gasteiger partial charge in [-0.15, -0.1) is 0 Å². The van der Waals surface area contributed by atoms with Gasteiger partial charge >= 0.3 is 0 Å². The van der Waals surface area contributed by atoms with E-state index in [-0.39, 0.29) is 5.25 Å². The average Bonchev–Trinajstić information content (AvgIpc) is 3.24. The Kier molecular flexibility index (Phi) is 4.01. The molecule has 3 rings (SSSR count). The fraction of sp³-hybridized carbons (Fsp3) is 0.615. The van der Waals surface area contributed by atoms with Crippen LogP contribution in [0, 0.1) is 0 Å². The minimum absolute atomic E-state index is 0.0984. The maximum atomic E-state index is 12.1. The van der Waals surface area contributed by atoms with E-state index in [0.717, 1.165) is 36.0 Å². The van der Waals surface area contributed by atoms with Crippen LogP contribution < -0.4 is 5.32 Å². The monoisotopic (exact) mass is 359 g/mol. The summed E-state index contributed by atoms with van der Waals surface area (Å²) in [5.74, 6) is 0.836. The third-order valence-electron chi connectivity index (χ3n) is 3.83. The molecule has 0 spiro atoms. The highest BCUT2D eigenvalue weighted by molar-refractivity contribution is 9.10. The molecule has 5 nitrogen and oxygen atoms in total. The Hall–Kier alpha value is -0.660. The zero-order valence-electron chi connectivity index (χ0n) is 11.1. The number of hydrogen-bond donors (Lipinski definition) is 1. The second-order valence-electron chi connectivity index (χ2n) is 5.42. The second-order valence-corrected chi connectivity index (χ2v) is 8.55. The lowest BCUT2D eigenvalue weighted by atomic mass is 10.1. The minimum atomic E-state index is -3.01. The molecule has 1 saturated carbocycles. The molecule has 0 atom stereocenters. The van der Waals surface area contributed by atoms with Crippen molar-refractivity contribution in [3.05, 3.63) is 22.8 Å². The topological polar surface area (TPSA) is 62.3 Å². The summed E-state index contributed by atoms with van der Waals surface area (Å²) < 4.78 is 26.9. The van der Waals surface area contributed by atoms with Crippen molar-refractivity contribution in [3.63, 3.8) is 0 Å². The maximum Gasteiger partial charge on any atom is 0.216 e. The standard InChI is InChI=1S/C13H18BrN3O2S/c14-10-3-6-15-13(9-10)16-11-4-7-17(8-5-11)20(18,19)12-1-2-12/h3,6,9,11-12H,1-2,4-5,7-8H2,(H,15,16). The fourth-order valence-corrected chi connectivity index (χ4v) is 4.73. The van der Waals surface area contributed by atoms with Gasteiger partial charge in [-0.1, -0.05) is 15.9 Å². The van der Waals surface area contributed by atoms with Gasteiger partial charge in [-0.05, 0) is 37.8 Å². The third-order valence-corrected chi connectivity index (χ3v) is 6.73. The molecule has 2 aliphatic rings. The predicted molar refractivity (Wildman–Crippen MR) is 82.1 cm³/mol. The van der Waals surface area contributed by atoms with E-state index >= 15 is 0 Å². The number of hydrogen-bond acceptors (Lipinski definition) is 4. The van der Waals surface area contributed by atoms with E-state index in [1.807, 2.05) is 12.1 Å². The highest BCUT2D eigenvalue weighted by Gasteiger charge is 2.41. The zero-order valence-corrected chi connectivity index (χ0v) is 13.5. The van der Waals surface area contributed by atoms with Crippen LogP contribution in [0.2, 0.25) is 0 Å². The SMILES string of the molecule is O=S(=O)(C1CC1)N1CCC(Nc2cc(Br)ccn2)CC1. The lowest BCUT2D eigenvalue weighted by Crippen LogP contribution is -2.43. The lowest BCUT2D eigenvalue weighted by Gasteiger charge is -2.31. The summed E-state index contributed by atoms with van der Waals surface area (Å²) >= 11 is 3.42. The fourth-order valence-electron chi connectivity index (χ4n) is 2.52. The van der Waals surface area contributed by atoms with Crippen LogP contribution in [0.25, 0.3) is 0 Å². The molecule has 1 N–H and O–H groups in total. The number of piperidine rings is 1. The van der Waals surface area contributed by atoms with Gasteiger partial charge in [-0.3, -0.25) is 0 Å². The van der Waals surface area contributed by atoms with E-state index in [4.69, 9.17) is 0 Å². The number of nitrogens with zero attached hydrogens (tertiary/aromatic N) is 2. The van der Waals surface area contributed by atoms with E-state index in [1.165, 1.54) is 0 Å². The lowest BCUT2D eigenvalue weighted by molar-refractivity contribution is 0.329. The molecule has 20 heavy (non-hydrogen) atoms. The number of halogens is 1. The van der Waals surface area contributed by atoms with Gasteiger partial charge in [0.2, 0.25) is 10.0 Å². The van der Waals surface area contributed by atoms with Gasteiger partial charge in [0.25, 0.3) is 0 Å². The Bertz CT molecular complexity index is 581. The molecule has 0 radical (unpaired) electrons. The highest BCUT2D eigenvalue weighted by Crippen LogP contribution is 2.32. The van der Waals surface area contributed by atoms with Crippen molar-refractivity contribution in [1.29, 1.82) is 0 Å². The van der Waals surface area contributed by atoms with Crippen LogP contribution in [0.15, 0.2) is 22.8 Å². The smallest absolute Gasteiger partial charge is 0.216 e. The van der Waals surface area contributed by atoms with Gasteiger partial charge < -0.3 is 5.32 Å². The van der Waals surface area contributed by atoms with E-state index in [2.05, 4.69) is 26.2 Å². The Morgan fingerprint density at radius 1 is 1.25 bits per heavy atom. The first kappa shape index (κ1) is 14.3. The molecular formula is C13H18BrN3O2S. The Balaban J connectivity index is 1.56. The predicted octanol–water partition coefficient (Wildman–Crippen LogP) is 2.21. The van der Waals surface area contributed by atoms with E-state index in [1.54, 1.807) is 10.5 Å². The van der Waals surface area contributed by atoms with Crippen molar-refractivity contribution in [2.75, 3.05) is 18.4 Å². The number of sulfonamides is 1. The van der Waals surface area contributed by atoms with E-state index in [9.17, 15) is 8.42 Å². The second kappa shape index (κ2) is 5.61. The van der Waals surface area contributed by atoms with Crippen LogP contribution in [-0.4, -0.2) is 42.1 Å². The van der Waals surface area contributed by atoms with Crippen LogP contribution in [0.5, 0.6) is 0 Å². The molecule has 1 aromatic heterocycles. The van der Waals surface area contributed by atoms with Crippen LogP contribution >= 0.6 is 15.9 Å². The normalized spacial score (nSPS) is 21.9. The molecule has 1 saturated heterocycles. The quantitative estimate of drug-likeness (QED) is 0.894. The first-order chi connectivity index (χ1) is 9.55. The van der Waals surface area contributed by atoms with Crippen molar-refractivity contribution in [3.8, 4) is 0 Å². The van der Waals surface area contributed by atoms with E-state index in [0.29, 0.717) is 19.1 Å². The molecule has 2 heterocycles. The van der Waals surface area contributed by atoms with Crippen molar-refractivity contribution in [2.45, 2.75) is 37.0 Å². The van der Waals surface area contributed by atoms with Crippen LogP contribution in [0.3, 0.4) is 0 Å². The van der Waals surface area contributed by atoms with Crippen LogP contribution in [0.1, 0.15) is 25.7 Å². The molecule has 1 aliphatic heterocycles. The Labute approximate surface area is 127 Å². The molecule has 7 heteroatoms. The summed E-state index contributed by atoms with van der Waals surface area (Å²) in [7, 11) is -3.01. The Morgan fingerprint density at radius 2 is 1.95 bits per heavy atom. The number of nitrogens with one attached hydrogen (secondary N) is 1. The average molecular weight is 360 g/mol. The summed E-state index contributed by atoms with van der Waals surface area (Å²) in [6, 6.07) is 4.12. The number of aromatic nitrogens is 1. The first-order valence-corrected chi connectivity index (χ1v) is 9.22. The molecular weight excluding hydrogens is 342 g/mol. The van der Waals surface area contributed by atoms with Crippen molar-refractivity contribution in [1.82, 2.24) is 9.29 Å². The van der Waals surface area contributed by atoms with Crippen molar-refractivity contribution < 1.29 is 8.42 Å². The number of anilines is 1. The summed E-state index contributed by atoms with van der Waals surface area (Å²) in [4.78, 5) is 4.27. The minimum Gasteiger partial charge on any atom is -0.367 e. The summed E-state index contributed by atoms with van der Waals surface area (Å²) in [6.45, 7) is 1.23. The van der Waals surface area contributed by atoms with Gasteiger partial charge in [0.05, 0.1) is 5.25 Å². The molecule has 1 aliphatic carbocycles. The van der Waals surface area contributed by atoms with E-state index < -0.39 is 10.0 Å². The summed E-state index contributed by atoms with van der Waals surface area (Å²) in [5, 5.41) is 3.28. The van der Waals surface area contributed by atoms with Gasteiger partial charge in [-0.2, -0.15) is 0 Å². The first-order valence-electron chi connectivity index (χ1n) is 6.93. The van der Waals surface area contributed by atoms with Crippen molar-refractivity contribution in [2.24, 2.45) is 0 Å². The van der Waals surface area contributed by atoms with Gasteiger partial charge in [0.1, 0.15) is 5.82 Å². The van der Waals surface area contributed by atoms with Gasteiger partial charge in [0.15, 0.2) is 0 Å². The molecule has 0 bridgehead atoms. The van der Waals surface area contributed by atoms with Crippen LogP contribution in [-0.2, 0) is 10.0 Å². The maximum absolute atomic E-state index is 12.1.